The number of rotatable bonds is 2. The zero-order chi connectivity index (χ0) is 8.39. The standard InChI is InChI=1S/C10H10OS/c11-6-5-9-7-8-3-1-2-4-10(8)12-9/h1-4,7,11H,5-6H2. The van der Waals surface area contributed by atoms with Crippen LogP contribution in [0, 0.1) is 0 Å². The zero-order valence-electron chi connectivity index (χ0n) is 6.66. The van der Waals surface area contributed by atoms with Crippen LogP contribution in [0.1, 0.15) is 4.88 Å². The Hall–Kier alpha value is -0.860. The van der Waals surface area contributed by atoms with E-state index < -0.39 is 0 Å². The lowest BCUT2D eigenvalue weighted by Crippen LogP contribution is -1.84. The summed E-state index contributed by atoms with van der Waals surface area (Å²) in [5.74, 6) is 0. The van der Waals surface area contributed by atoms with Gasteiger partial charge in [0.25, 0.3) is 0 Å². The van der Waals surface area contributed by atoms with Crippen LogP contribution in [-0.2, 0) is 6.42 Å². The second-order valence-electron chi connectivity index (χ2n) is 2.72. The lowest BCUT2D eigenvalue weighted by atomic mass is 10.2. The molecule has 0 unspecified atom stereocenters. The molecule has 0 atom stereocenters. The number of aliphatic hydroxyl groups excluding tert-OH is 1. The Morgan fingerprint density at radius 3 is 2.83 bits per heavy atom. The normalized spacial score (nSPS) is 10.8. The van der Waals surface area contributed by atoms with Gasteiger partial charge in [0.1, 0.15) is 0 Å². The Labute approximate surface area is 75.3 Å². The number of hydrogen-bond donors (Lipinski definition) is 1. The van der Waals surface area contributed by atoms with E-state index in [1.54, 1.807) is 11.3 Å². The predicted molar refractivity (Wildman–Crippen MR) is 52.6 cm³/mol. The highest BCUT2D eigenvalue weighted by molar-refractivity contribution is 7.19. The van der Waals surface area contributed by atoms with Crippen molar-refractivity contribution < 1.29 is 5.11 Å². The fraction of sp³-hybridized carbons (Fsp3) is 0.200. The number of thiophene rings is 1. The van der Waals surface area contributed by atoms with Crippen molar-refractivity contribution in [1.29, 1.82) is 0 Å². The van der Waals surface area contributed by atoms with Crippen LogP contribution in [0.4, 0.5) is 0 Å². The van der Waals surface area contributed by atoms with E-state index >= 15 is 0 Å². The van der Waals surface area contributed by atoms with Crippen molar-refractivity contribution in [2.45, 2.75) is 6.42 Å². The first-order chi connectivity index (χ1) is 5.90. The Morgan fingerprint density at radius 1 is 1.25 bits per heavy atom. The van der Waals surface area contributed by atoms with Crippen molar-refractivity contribution in [2.24, 2.45) is 0 Å². The van der Waals surface area contributed by atoms with Gasteiger partial charge in [-0.25, -0.2) is 0 Å². The maximum absolute atomic E-state index is 8.75. The van der Waals surface area contributed by atoms with Crippen molar-refractivity contribution in [2.75, 3.05) is 6.61 Å². The molecule has 62 valence electrons. The molecule has 0 saturated heterocycles. The van der Waals surface area contributed by atoms with Gasteiger partial charge in [-0.2, -0.15) is 0 Å². The van der Waals surface area contributed by atoms with Crippen LogP contribution >= 0.6 is 11.3 Å². The molecule has 0 spiro atoms. The summed E-state index contributed by atoms with van der Waals surface area (Å²) in [6.07, 6.45) is 0.777. The molecule has 12 heavy (non-hydrogen) atoms. The molecule has 0 amide bonds. The summed E-state index contributed by atoms with van der Waals surface area (Å²) in [4.78, 5) is 1.26. The van der Waals surface area contributed by atoms with E-state index in [1.165, 1.54) is 15.0 Å². The quantitative estimate of drug-likeness (QED) is 0.748. The molecule has 0 saturated carbocycles. The van der Waals surface area contributed by atoms with Gasteiger partial charge in [0.2, 0.25) is 0 Å². The second kappa shape index (κ2) is 3.25. The van der Waals surface area contributed by atoms with Crippen LogP contribution < -0.4 is 0 Å². The molecule has 1 N–H and O–H groups in total. The molecule has 2 aromatic rings. The Kier molecular flexibility index (Phi) is 2.11. The first-order valence-corrected chi connectivity index (χ1v) is 4.80. The van der Waals surface area contributed by atoms with Crippen LogP contribution in [0.3, 0.4) is 0 Å². The fourth-order valence-electron chi connectivity index (χ4n) is 1.27. The van der Waals surface area contributed by atoms with Crippen LogP contribution in [0.2, 0.25) is 0 Å². The number of hydrogen-bond acceptors (Lipinski definition) is 2. The van der Waals surface area contributed by atoms with Crippen LogP contribution in [0.5, 0.6) is 0 Å². The Balaban J connectivity index is 2.47. The fourth-order valence-corrected chi connectivity index (χ4v) is 2.32. The molecule has 2 rings (SSSR count). The maximum atomic E-state index is 8.75. The molecule has 1 nitrogen and oxygen atoms in total. The van der Waals surface area contributed by atoms with Gasteiger partial charge in [-0.3, -0.25) is 0 Å². The Bertz CT molecular complexity index is 345. The third-order valence-electron chi connectivity index (χ3n) is 1.83. The third-order valence-corrected chi connectivity index (χ3v) is 3.01. The van der Waals surface area contributed by atoms with E-state index in [2.05, 4.69) is 18.2 Å². The summed E-state index contributed by atoms with van der Waals surface area (Å²) in [6, 6.07) is 10.4. The maximum Gasteiger partial charge on any atom is 0.0479 e. The topological polar surface area (TPSA) is 20.2 Å². The van der Waals surface area contributed by atoms with Gasteiger partial charge in [-0.15, -0.1) is 11.3 Å². The molecule has 0 bridgehead atoms. The van der Waals surface area contributed by atoms with Gasteiger partial charge in [0, 0.05) is 22.6 Å². The molecule has 0 aliphatic carbocycles. The highest BCUT2D eigenvalue weighted by Gasteiger charge is 1.98. The molecule has 1 aromatic carbocycles. The van der Waals surface area contributed by atoms with Gasteiger partial charge >= 0.3 is 0 Å². The minimum Gasteiger partial charge on any atom is -0.396 e. The number of fused-ring (bicyclic) bond motifs is 1. The number of benzene rings is 1. The molecule has 0 fully saturated rings. The lowest BCUT2D eigenvalue weighted by molar-refractivity contribution is 0.300. The van der Waals surface area contributed by atoms with Crippen molar-refractivity contribution in [1.82, 2.24) is 0 Å². The summed E-state index contributed by atoms with van der Waals surface area (Å²) in [6.45, 7) is 0.243. The van der Waals surface area contributed by atoms with Crippen LogP contribution in [0.15, 0.2) is 30.3 Å². The highest BCUT2D eigenvalue weighted by Crippen LogP contribution is 2.25. The van der Waals surface area contributed by atoms with E-state index in [4.69, 9.17) is 5.11 Å². The SMILES string of the molecule is OCCc1cc2ccccc2s1. The monoisotopic (exact) mass is 178 g/mol. The largest absolute Gasteiger partial charge is 0.396 e. The van der Waals surface area contributed by atoms with Gasteiger partial charge in [0.05, 0.1) is 0 Å². The van der Waals surface area contributed by atoms with E-state index in [0.29, 0.717) is 0 Å². The lowest BCUT2D eigenvalue weighted by Gasteiger charge is -1.86. The molecule has 1 aromatic heterocycles. The molecule has 0 aliphatic heterocycles. The predicted octanol–water partition coefficient (Wildman–Crippen LogP) is 2.44. The van der Waals surface area contributed by atoms with Crippen molar-refractivity contribution in [3.05, 3.63) is 35.2 Å². The Morgan fingerprint density at radius 2 is 2.08 bits per heavy atom. The highest BCUT2D eigenvalue weighted by atomic mass is 32.1. The molecule has 0 radical (unpaired) electrons. The molecule has 2 heteroatoms. The minimum atomic E-state index is 0.243. The second-order valence-corrected chi connectivity index (χ2v) is 3.89. The van der Waals surface area contributed by atoms with E-state index in [1.807, 2.05) is 12.1 Å². The number of aliphatic hydroxyl groups is 1. The van der Waals surface area contributed by atoms with Crippen LogP contribution in [-0.4, -0.2) is 11.7 Å². The first-order valence-electron chi connectivity index (χ1n) is 3.98. The molecular formula is C10H10OS. The summed E-state index contributed by atoms with van der Waals surface area (Å²) >= 11 is 1.76. The summed E-state index contributed by atoms with van der Waals surface area (Å²) in [7, 11) is 0. The van der Waals surface area contributed by atoms with Crippen molar-refractivity contribution in [3.63, 3.8) is 0 Å². The van der Waals surface area contributed by atoms with E-state index in [-0.39, 0.29) is 6.61 Å². The van der Waals surface area contributed by atoms with Gasteiger partial charge < -0.3 is 5.11 Å². The average molecular weight is 178 g/mol. The van der Waals surface area contributed by atoms with E-state index in [9.17, 15) is 0 Å². The third kappa shape index (κ3) is 1.36. The first kappa shape index (κ1) is 7.77. The smallest absolute Gasteiger partial charge is 0.0479 e. The molecular weight excluding hydrogens is 168 g/mol. The summed E-state index contributed by atoms with van der Waals surface area (Å²) < 4.78 is 1.31. The van der Waals surface area contributed by atoms with Crippen LogP contribution in [0.25, 0.3) is 10.1 Å². The van der Waals surface area contributed by atoms with E-state index in [0.717, 1.165) is 6.42 Å². The summed E-state index contributed by atoms with van der Waals surface area (Å²) in [5, 5.41) is 10.0. The minimum absolute atomic E-state index is 0.243. The summed E-state index contributed by atoms with van der Waals surface area (Å²) in [5.41, 5.74) is 0. The van der Waals surface area contributed by atoms with Gasteiger partial charge in [-0.05, 0) is 17.5 Å². The van der Waals surface area contributed by atoms with Gasteiger partial charge in [0.15, 0.2) is 0 Å². The van der Waals surface area contributed by atoms with Crippen molar-refractivity contribution in [3.8, 4) is 0 Å². The zero-order valence-corrected chi connectivity index (χ0v) is 7.47. The van der Waals surface area contributed by atoms with Crippen molar-refractivity contribution >= 4 is 21.4 Å². The molecule has 1 heterocycles. The molecule has 0 aliphatic rings. The van der Waals surface area contributed by atoms with Gasteiger partial charge in [-0.1, -0.05) is 18.2 Å². The average Bonchev–Trinajstić information content (AvgIpc) is 2.47.